The predicted octanol–water partition coefficient (Wildman–Crippen LogP) is 2.27. The van der Waals surface area contributed by atoms with Crippen molar-refractivity contribution >= 4 is 5.97 Å². The molecule has 1 saturated carbocycles. The normalized spacial score (nSPS) is 24.4. The van der Waals surface area contributed by atoms with E-state index in [-0.39, 0.29) is 12.0 Å². The molecule has 4 nitrogen and oxygen atoms in total. The van der Waals surface area contributed by atoms with Crippen LogP contribution in [0.3, 0.4) is 0 Å². The molecular formula is C13H19NO3. The average Bonchev–Trinajstić information content (AvgIpc) is 2.86. The van der Waals surface area contributed by atoms with Crippen LogP contribution in [0.2, 0.25) is 0 Å². The smallest absolute Gasteiger partial charge is 0.308 e. The Bertz CT molecular complexity index is 399. The molecule has 0 bridgehead atoms. The summed E-state index contributed by atoms with van der Waals surface area (Å²) in [6.45, 7) is 2.60. The van der Waals surface area contributed by atoms with Gasteiger partial charge in [-0.2, -0.15) is 0 Å². The molecule has 0 radical (unpaired) electrons. The van der Waals surface area contributed by atoms with Crippen molar-refractivity contribution in [2.75, 3.05) is 7.05 Å². The number of furan rings is 1. The zero-order valence-electron chi connectivity index (χ0n) is 10.3. The van der Waals surface area contributed by atoms with Gasteiger partial charge in [0.2, 0.25) is 0 Å². The van der Waals surface area contributed by atoms with Crippen molar-refractivity contribution in [1.29, 1.82) is 0 Å². The summed E-state index contributed by atoms with van der Waals surface area (Å²) in [5.74, 6) is 0.904. The summed E-state index contributed by atoms with van der Waals surface area (Å²) in [6, 6.07) is 4.03. The fourth-order valence-corrected chi connectivity index (χ4v) is 2.69. The van der Waals surface area contributed by atoms with E-state index in [2.05, 4.69) is 4.90 Å². The third kappa shape index (κ3) is 2.69. The molecule has 1 aliphatic rings. The van der Waals surface area contributed by atoms with Gasteiger partial charge < -0.3 is 9.52 Å². The highest BCUT2D eigenvalue weighted by Crippen LogP contribution is 2.30. The Labute approximate surface area is 101 Å². The fraction of sp³-hybridized carbons (Fsp3) is 0.615. The Morgan fingerprint density at radius 1 is 1.53 bits per heavy atom. The first-order valence-electron chi connectivity index (χ1n) is 6.06. The van der Waals surface area contributed by atoms with Crippen LogP contribution in [0.15, 0.2) is 16.5 Å². The summed E-state index contributed by atoms with van der Waals surface area (Å²) in [6.07, 6.45) is 2.76. The van der Waals surface area contributed by atoms with Crippen LogP contribution >= 0.6 is 0 Å². The van der Waals surface area contributed by atoms with E-state index < -0.39 is 5.97 Å². The van der Waals surface area contributed by atoms with Crippen LogP contribution in [0.5, 0.6) is 0 Å². The molecule has 17 heavy (non-hydrogen) atoms. The van der Waals surface area contributed by atoms with Gasteiger partial charge in [0, 0.05) is 6.04 Å². The minimum absolute atomic E-state index is 0.137. The molecule has 2 atom stereocenters. The lowest BCUT2D eigenvalue weighted by molar-refractivity contribution is -0.143. The lowest BCUT2D eigenvalue weighted by atomic mass is 10.0. The first kappa shape index (κ1) is 12.2. The standard InChI is InChI=1S/C13H19NO3/c1-9-6-7-10(17-9)8-14(2)12-5-3-4-11(12)13(15)16/h6-7,11-12H,3-5,8H2,1-2H3,(H,15,16). The number of carboxylic acid groups (broad SMARTS) is 1. The fourth-order valence-electron chi connectivity index (χ4n) is 2.69. The first-order valence-corrected chi connectivity index (χ1v) is 6.06. The quantitative estimate of drug-likeness (QED) is 0.872. The Hall–Kier alpha value is -1.29. The molecule has 1 N–H and O–H groups in total. The minimum Gasteiger partial charge on any atom is -0.481 e. The van der Waals surface area contributed by atoms with Crippen molar-refractivity contribution in [3.05, 3.63) is 23.7 Å². The first-order chi connectivity index (χ1) is 8.08. The number of hydrogen-bond donors (Lipinski definition) is 1. The molecule has 4 heteroatoms. The lowest BCUT2D eigenvalue weighted by Crippen LogP contribution is -2.37. The molecule has 2 unspecified atom stereocenters. The van der Waals surface area contributed by atoms with Crippen LogP contribution in [0, 0.1) is 12.8 Å². The van der Waals surface area contributed by atoms with Gasteiger partial charge in [0.1, 0.15) is 11.5 Å². The molecule has 94 valence electrons. The Kier molecular flexibility index (Phi) is 3.52. The van der Waals surface area contributed by atoms with Gasteiger partial charge in [0.05, 0.1) is 12.5 Å². The number of aryl methyl sites for hydroxylation is 1. The Morgan fingerprint density at radius 3 is 2.88 bits per heavy atom. The van der Waals surface area contributed by atoms with Gasteiger partial charge in [-0.1, -0.05) is 6.42 Å². The third-order valence-corrected chi connectivity index (χ3v) is 3.56. The monoisotopic (exact) mass is 237 g/mol. The number of nitrogens with zero attached hydrogens (tertiary/aromatic N) is 1. The van der Waals surface area contributed by atoms with Crippen LogP contribution in [-0.2, 0) is 11.3 Å². The van der Waals surface area contributed by atoms with Gasteiger partial charge in [0.15, 0.2) is 0 Å². The highest BCUT2D eigenvalue weighted by molar-refractivity contribution is 5.71. The van der Waals surface area contributed by atoms with Crippen LogP contribution < -0.4 is 0 Å². The van der Waals surface area contributed by atoms with E-state index in [1.807, 2.05) is 26.1 Å². The van der Waals surface area contributed by atoms with Gasteiger partial charge in [-0.05, 0) is 38.9 Å². The molecule has 0 aliphatic heterocycles. The summed E-state index contributed by atoms with van der Waals surface area (Å²) >= 11 is 0. The largest absolute Gasteiger partial charge is 0.481 e. The second-order valence-electron chi connectivity index (χ2n) is 4.87. The Balaban J connectivity index is 1.99. The molecule has 1 fully saturated rings. The van der Waals surface area contributed by atoms with E-state index in [1.54, 1.807) is 0 Å². The second-order valence-corrected chi connectivity index (χ2v) is 4.87. The SMILES string of the molecule is Cc1ccc(CN(C)C2CCCC2C(=O)O)o1. The number of hydrogen-bond acceptors (Lipinski definition) is 3. The zero-order chi connectivity index (χ0) is 12.4. The van der Waals surface area contributed by atoms with Crippen LogP contribution in [-0.4, -0.2) is 29.1 Å². The summed E-state index contributed by atoms with van der Waals surface area (Å²) in [4.78, 5) is 13.2. The van der Waals surface area contributed by atoms with Gasteiger partial charge in [-0.3, -0.25) is 9.69 Å². The van der Waals surface area contributed by atoms with Crippen LogP contribution in [0.1, 0.15) is 30.8 Å². The van der Waals surface area contributed by atoms with Crippen LogP contribution in [0.25, 0.3) is 0 Å². The van der Waals surface area contributed by atoms with Crippen molar-refractivity contribution in [2.45, 2.75) is 38.8 Å². The maximum atomic E-state index is 11.1. The molecule has 0 amide bonds. The van der Waals surface area contributed by atoms with Crippen LogP contribution in [0.4, 0.5) is 0 Å². The molecular weight excluding hydrogens is 218 g/mol. The van der Waals surface area contributed by atoms with Crippen molar-refractivity contribution in [3.8, 4) is 0 Å². The predicted molar refractivity (Wildman–Crippen MR) is 63.7 cm³/mol. The van der Waals surface area contributed by atoms with E-state index in [1.165, 1.54) is 0 Å². The van der Waals surface area contributed by atoms with Crippen molar-refractivity contribution in [3.63, 3.8) is 0 Å². The topological polar surface area (TPSA) is 53.7 Å². The highest BCUT2D eigenvalue weighted by atomic mass is 16.4. The number of carbonyl (C=O) groups is 1. The second kappa shape index (κ2) is 4.92. The van der Waals surface area contributed by atoms with Gasteiger partial charge >= 0.3 is 5.97 Å². The van der Waals surface area contributed by atoms with E-state index >= 15 is 0 Å². The molecule has 2 rings (SSSR count). The van der Waals surface area contributed by atoms with Crippen molar-refractivity contribution in [1.82, 2.24) is 4.90 Å². The summed E-state index contributed by atoms with van der Waals surface area (Å²) in [5.41, 5.74) is 0. The molecule has 0 spiro atoms. The summed E-state index contributed by atoms with van der Waals surface area (Å²) in [7, 11) is 1.98. The molecule has 0 aromatic carbocycles. The van der Waals surface area contributed by atoms with Crippen molar-refractivity contribution < 1.29 is 14.3 Å². The minimum atomic E-state index is -0.671. The number of aliphatic carboxylic acids is 1. The summed E-state index contributed by atoms with van der Waals surface area (Å²) in [5, 5.41) is 9.15. The highest BCUT2D eigenvalue weighted by Gasteiger charge is 2.35. The average molecular weight is 237 g/mol. The molecule has 1 aromatic heterocycles. The molecule has 1 heterocycles. The van der Waals surface area contributed by atoms with E-state index in [0.29, 0.717) is 6.54 Å². The third-order valence-electron chi connectivity index (χ3n) is 3.56. The maximum absolute atomic E-state index is 11.1. The van der Waals surface area contributed by atoms with Crippen molar-refractivity contribution in [2.24, 2.45) is 5.92 Å². The van der Waals surface area contributed by atoms with Gasteiger partial charge in [-0.25, -0.2) is 0 Å². The molecule has 1 aromatic rings. The van der Waals surface area contributed by atoms with E-state index in [0.717, 1.165) is 30.8 Å². The lowest BCUT2D eigenvalue weighted by Gasteiger charge is -2.26. The van der Waals surface area contributed by atoms with E-state index in [4.69, 9.17) is 9.52 Å². The maximum Gasteiger partial charge on any atom is 0.308 e. The van der Waals surface area contributed by atoms with E-state index in [9.17, 15) is 4.79 Å². The summed E-state index contributed by atoms with van der Waals surface area (Å²) < 4.78 is 5.52. The van der Waals surface area contributed by atoms with Gasteiger partial charge in [-0.15, -0.1) is 0 Å². The molecule has 0 saturated heterocycles. The Morgan fingerprint density at radius 2 is 2.29 bits per heavy atom. The zero-order valence-corrected chi connectivity index (χ0v) is 10.3. The molecule has 1 aliphatic carbocycles. The van der Waals surface area contributed by atoms with Gasteiger partial charge in [0.25, 0.3) is 0 Å². The number of rotatable bonds is 4. The number of carboxylic acids is 1.